The number of benzene rings is 1. The van der Waals surface area contributed by atoms with E-state index in [0.717, 1.165) is 23.7 Å². The van der Waals surface area contributed by atoms with Gasteiger partial charge in [0.1, 0.15) is 6.04 Å². The van der Waals surface area contributed by atoms with E-state index in [1.807, 2.05) is 0 Å². The van der Waals surface area contributed by atoms with E-state index in [-0.39, 0.29) is 16.6 Å². The van der Waals surface area contributed by atoms with Gasteiger partial charge >= 0.3 is 0 Å². The molecule has 0 bridgehead atoms. The Balaban J connectivity index is 2.04. The Morgan fingerprint density at radius 3 is 2.54 bits per heavy atom. The number of amides is 1. The van der Waals surface area contributed by atoms with Crippen LogP contribution in [0.2, 0.25) is 10.0 Å². The summed E-state index contributed by atoms with van der Waals surface area (Å²) in [6.45, 7) is 5.67. The standard InChI is InChI=1S/C16H23Cl2N3O4S/c1-12(16(22)19-5-6-20-7-9-25-10-8-20)21(26(2,23)24)13-3-4-14(17)15(18)11-13/h3-4,11-12H,5-10H2,1-2H3,(H,19,22)/t12-/m0/s1. The van der Waals surface area contributed by atoms with Crippen LogP contribution in [0.4, 0.5) is 5.69 Å². The molecule has 2 rings (SSSR count). The first-order chi connectivity index (χ1) is 12.2. The number of sulfonamides is 1. The summed E-state index contributed by atoms with van der Waals surface area (Å²) in [7, 11) is -3.69. The van der Waals surface area contributed by atoms with Gasteiger partial charge in [0, 0.05) is 26.2 Å². The molecule has 1 aliphatic heterocycles. The molecule has 26 heavy (non-hydrogen) atoms. The Hall–Kier alpha value is -1.06. The zero-order valence-corrected chi connectivity index (χ0v) is 17.1. The molecular weight excluding hydrogens is 401 g/mol. The highest BCUT2D eigenvalue weighted by atomic mass is 35.5. The molecule has 1 fully saturated rings. The molecule has 10 heteroatoms. The molecule has 1 aromatic carbocycles. The van der Waals surface area contributed by atoms with Crippen molar-refractivity contribution >= 4 is 44.8 Å². The van der Waals surface area contributed by atoms with Gasteiger partial charge in [0.05, 0.1) is 35.2 Å². The second-order valence-electron chi connectivity index (χ2n) is 6.08. The number of carbonyl (C=O) groups excluding carboxylic acids is 1. The van der Waals surface area contributed by atoms with Crippen molar-refractivity contribution < 1.29 is 17.9 Å². The van der Waals surface area contributed by atoms with Crippen molar-refractivity contribution in [2.45, 2.75) is 13.0 Å². The zero-order valence-electron chi connectivity index (χ0n) is 14.7. The number of morpholine rings is 1. The van der Waals surface area contributed by atoms with Crippen LogP contribution in [0.15, 0.2) is 18.2 Å². The molecule has 0 unspecified atom stereocenters. The summed E-state index contributed by atoms with van der Waals surface area (Å²) in [4.78, 5) is 14.7. The average molecular weight is 424 g/mol. The van der Waals surface area contributed by atoms with Gasteiger partial charge in [-0.15, -0.1) is 0 Å². The van der Waals surface area contributed by atoms with Crippen LogP contribution in [0.1, 0.15) is 6.92 Å². The third-order valence-electron chi connectivity index (χ3n) is 4.08. The largest absolute Gasteiger partial charge is 0.379 e. The van der Waals surface area contributed by atoms with Crippen LogP contribution in [0.25, 0.3) is 0 Å². The summed E-state index contributed by atoms with van der Waals surface area (Å²) < 4.78 is 30.8. The molecule has 1 amide bonds. The first kappa shape index (κ1) is 21.2. The lowest BCUT2D eigenvalue weighted by Gasteiger charge is -2.29. The minimum Gasteiger partial charge on any atom is -0.379 e. The molecule has 0 spiro atoms. The number of carbonyl (C=O) groups is 1. The molecule has 1 aliphatic rings. The number of hydrogen-bond acceptors (Lipinski definition) is 5. The van der Waals surface area contributed by atoms with Gasteiger partial charge in [-0.25, -0.2) is 8.42 Å². The Morgan fingerprint density at radius 2 is 1.96 bits per heavy atom. The number of anilines is 1. The lowest BCUT2D eigenvalue weighted by molar-refractivity contribution is -0.121. The summed E-state index contributed by atoms with van der Waals surface area (Å²) in [5.41, 5.74) is 0.290. The minimum absolute atomic E-state index is 0.220. The van der Waals surface area contributed by atoms with Gasteiger partial charge in [0.25, 0.3) is 0 Å². The maximum absolute atomic E-state index is 12.5. The van der Waals surface area contributed by atoms with Crippen LogP contribution >= 0.6 is 23.2 Å². The molecular formula is C16H23Cl2N3O4S. The fourth-order valence-corrected chi connectivity index (χ4v) is 4.20. The molecule has 1 saturated heterocycles. The van der Waals surface area contributed by atoms with Crippen molar-refractivity contribution in [2.75, 3.05) is 50.0 Å². The van der Waals surface area contributed by atoms with Crippen molar-refractivity contribution in [3.05, 3.63) is 28.2 Å². The highest BCUT2D eigenvalue weighted by Crippen LogP contribution is 2.29. The Morgan fingerprint density at radius 1 is 1.31 bits per heavy atom. The fraction of sp³-hybridized carbons (Fsp3) is 0.562. The number of rotatable bonds is 7. The number of nitrogens with zero attached hydrogens (tertiary/aromatic N) is 2. The Kier molecular flexibility index (Phi) is 7.54. The van der Waals surface area contributed by atoms with Gasteiger partial charge in [0.15, 0.2) is 0 Å². The van der Waals surface area contributed by atoms with Gasteiger partial charge in [-0.05, 0) is 25.1 Å². The van der Waals surface area contributed by atoms with Crippen LogP contribution in [-0.2, 0) is 19.6 Å². The number of halogens is 2. The molecule has 1 N–H and O–H groups in total. The van der Waals surface area contributed by atoms with Gasteiger partial charge in [-0.3, -0.25) is 14.0 Å². The minimum atomic E-state index is -3.69. The number of nitrogens with one attached hydrogen (secondary N) is 1. The number of hydrogen-bond donors (Lipinski definition) is 1. The maximum Gasteiger partial charge on any atom is 0.243 e. The van der Waals surface area contributed by atoms with E-state index in [9.17, 15) is 13.2 Å². The molecule has 0 aliphatic carbocycles. The quantitative estimate of drug-likeness (QED) is 0.720. The van der Waals surface area contributed by atoms with Gasteiger partial charge in [-0.1, -0.05) is 23.2 Å². The van der Waals surface area contributed by atoms with Crippen molar-refractivity contribution in [1.82, 2.24) is 10.2 Å². The monoisotopic (exact) mass is 423 g/mol. The van der Waals surface area contributed by atoms with Crippen molar-refractivity contribution in [2.24, 2.45) is 0 Å². The molecule has 0 aromatic heterocycles. The second-order valence-corrected chi connectivity index (χ2v) is 8.75. The van der Waals surface area contributed by atoms with Crippen molar-refractivity contribution in [3.8, 4) is 0 Å². The summed E-state index contributed by atoms with van der Waals surface area (Å²) in [6.07, 6.45) is 1.05. The Labute approximate surface area is 164 Å². The molecule has 1 heterocycles. The third kappa shape index (κ3) is 5.72. The topological polar surface area (TPSA) is 79.0 Å². The molecule has 1 atom stereocenters. The molecule has 0 saturated carbocycles. The second kappa shape index (κ2) is 9.23. The third-order valence-corrected chi connectivity index (χ3v) is 6.06. The first-order valence-corrected chi connectivity index (χ1v) is 10.8. The summed E-state index contributed by atoms with van der Waals surface area (Å²) in [6, 6.07) is 3.53. The summed E-state index contributed by atoms with van der Waals surface area (Å²) in [5, 5.41) is 3.32. The van der Waals surface area contributed by atoms with Gasteiger partial charge in [0.2, 0.25) is 15.9 Å². The van der Waals surface area contributed by atoms with Gasteiger partial charge in [-0.2, -0.15) is 0 Å². The Bertz CT molecular complexity index is 739. The predicted molar refractivity (Wildman–Crippen MR) is 104 cm³/mol. The van der Waals surface area contributed by atoms with Crippen molar-refractivity contribution in [3.63, 3.8) is 0 Å². The van der Waals surface area contributed by atoms with E-state index in [0.29, 0.717) is 31.3 Å². The number of ether oxygens (including phenoxy) is 1. The first-order valence-electron chi connectivity index (χ1n) is 8.22. The highest BCUT2D eigenvalue weighted by molar-refractivity contribution is 7.92. The fourth-order valence-electron chi connectivity index (χ4n) is 2.74. The van der Waals surface area contributed by atoms with Crippen LogP contribution in [0, 0.1) is 0 Å². The highest BCUT2D eigenvalue weighted by Gasteiger charge is 2.29. The van der Waals surface area contributed by atoms with Crippen molar-refractivity contribution in [1.29, 1.82) is 0 Å². The van der Waals surface area contributed by atoms with E-state index in [4.69, 9.17) is 27.9 Å². The summed E-state index contributed by atoms with van der Waals surface area (Å²) >= 11 is 11.9. The SMILES string of the molecule is C[C@@H](C(=O)NCCN1CCOCC1)N(c1ccc(Cl)c(Cl)c1)S(C)(=O)=O. The van der Waals surface area contributed by atoms with E-state index < -0.39 is 16.1 Å². The molecule has 1 aromatic rings. The lowest BCUT2D eigenvalue weighted by Crippen LogP contribution is -2.49. The average Bonchev–Trinajstić information content (AvgIpc) is 2.58. The smallest absolute Gasteiger partial charge is 0.243 e. The van der Waals surface area contributed by atoms with Crippen LogP contribution in [-0.4, -0.2) is 70.9 Å². The van der Waals surface area contributed by atoms with Crippen LogP contribution in [0.5, 0.6) is 0 Å². The summed E-state index contributed by atoms with van der Waals surface area (Å²) in [5.74, 6) is -0.380. The van der Waals surface area contributed by atoms with E-state index in [1.54, 1.807) is 0 Å². The predicted octanol–water partition coefficient (Wildman–Crippen LogP) is 1.60. The lowest BCUT2D eigenvalue weighted by atomic mass is 10.2. The van der Waals surface area contributed by atoms with Crippen LogP contribution < -0.4 is 9.62 Å². The molecule has 7 nitrogen and oxygen atoms in total. The molecule has 0 radical (unpaired) electrons. The zero-order chi connectivity index (χ0) is 19.3. The van der Waals surface area contributed by atoms with E-state index in [2.05, 4.69) is 10.2 Å². The maximum atomic E-state index is 12.5. The van der Waals surface area contributed by atoms with E-state index in [1.165, 1.54) is 25.1 Å². The van der Waals surface area contributed by atoms with Crippen LogP contribution in [0.3, 0.4) is 0 Å². The van der Waals surface area contributed by atoms with E-state index >= 15 is 0 Å². The normalized spacial score (nSPS) is 16.9. The molecule has 146 valence electrons. The van der Waals surface area contributed by atoms with Gasteiger partial charge < -0.3 is 10.1 Å².